The first-order valence-corrected chi connectivity index (χ1v) is 8.89. The summed E-state index contributed by atoms with van der Waals surface area (Å²) in [6.45, 7) is 4.77. The van der Waals surface area contributed by atoms with E-state index in [-0.39, 0.29) is 30.3 Å². The fourth-order valence-corrected chi connectivity index (χ4v) is 3.73. The molecule has 1 aromatic rings. The van der Waals surface area contributed by atoms with Crippen molar-refractivity contribution in [3.05, 3.63) is 35.9 Å². The molecule has 2 N–H and O–H groups in total. The van der Waals surface area contributed by atoms with Gasteiger partial charge in [-0.25, -0.2) is 0 Å². The highest BCUT2D eigenvalue weighted by atomic mass is 35.5. The van der Waals surface area contributed by atoms with Crippen LogP contribution in [0.4, 0.5) is 0 Å². The standard InChI is InChI=1S/C19H28N2O2.ClH/c1-14-11-17(7-9-20-14)19(22)21-18(12-15-8-10-23-13-15)16-5-3-2-4-6-16;/h2-6,14-15,17-18,20H,7-13H2,1H3,(H,21,22);1H/t14-,15?,17-,18?;/m0./s1. The van der Waals surface area contributed by atoms with Crippen LogP contribution in [0.1, 0.15) is 44.2 Å². The minimum Gasteiger partial charge on any atom is -0.381 e. The summed E-state index contributed by atoms with van der Waals surface area (Å²) in [5.41, 5.74) is 1.20. The molecule has 0 saturated carbocycles. The highest BCUT2D eigenvalue weighted by Gasteiger charge is 2.28. The summed E-state index contributed by atoms with van der Waals surface area (Å²) in [4.78, 5) is 12.7. The van der Waals surface area contributed by atoms with Crippen LogP contribution in [0, 0.1) is 11.8 Å². The average Bonchev–Trinajstić information content (AvgIpc) is 3.08. The van der Waals surface area contributed by atoms with Crippen molar-refractivity contribution in [2.45, 2.75) is 44.7 Å². The lowest BCUT2D eigenvalue weighted by Gasteiger charge is -2.29. The van der Waals surface area contributed by atoms with Gasteiger partial charge < -0.3 is 15.4 Å². The Kier molecular flexibility index (Phi) is 7.53. The molecule has 4 atom stereocenters. The smallest absolute Gasteiger partial charge is 0.223 e. The van der Waals surface area contributed by atoms with E-state index >= 15 is 0 Å². The van der Waals surface area contributed by atoms with Crippen molar-refractivity contribution in [3.63, 3.8) is 0 Å². The highest BCUT2D eigenvalue weighted by molar-refractivity contribution is 5.85. The minimum atomic E-state index is 0. The lowest BCUT2D eigenvalue weighted by molar-refractivity contribution is -0.127. The topological polar surface area (TPSA) is 50.4 Å². The van der Waals surface area contributed by atoms with Crippen molar-refractivity contribution in [3.8, 4) is 0 Å². The van der Waals surface area contributed by atoms with Crippen molar-refractivity contribution in [2.24, 2.45) is 11.8 Å². The van der Waals surface area contributed by atoms with Gasteiger partial charge in [-0.3, -0.25) is 4.79 Å². The van der Waals surface area contributed by atoms with Crippen molar-refractivity contribution >= 4 is 18.3 Å². The Balaban J connectivity index is 0.00000208. The maximum atomic E-state index is 12.7. The number of halogens is 1. The number of hydrogen-bond donors (Lipinski definition) is 2. The second-order valence-corrected chi connectivity index (χ2v) is 7.01. The molecule has 0 aliphatic carbocycles. The van der Waals surface area contributed by atoms with Crippen LogP contribution in [0.5, 0.6) is 0 Å². The molecule has 0 bridgehead atoms. The number of rotatable bonds is 5. The van der Waals surface area contributed by atoms with Crippen LogP contribution in [-0.4, -0.2) is 31.7 Å². The van der Waals surface area contributed by atoms with E-state index in [2.05, 4.69) is 29.7 Å². The Morgan fingerprint density at radius 1 is 1.33 bits per heavy atom. The Labute approximate surface area is 151 Å². The zero-order valence-corrected chi connectivity index (χ0v) is 15.2. The van der Waals surface area contributed by atoms with E-state index < -0.39 is 0 Å². The molecule has 2 heterocycles. The molecule has 5 heteroatoms. The van der Waals surface area contributed by atoms with Gasteiger partial charge in [-0.1, -0.05) is 30.3 Å². The maximum absolute atomic E-state index is 12.7. The van der Waals surface area contributed by atoms with Gasteiger partial charge >= 0.3 is 0 Å². The molecule has 0 spiro atoms. The van der Waals surface area contributed by atoms with E-state index in [0.717, 1.165) is 45.4 Å². The fourth-order valence-electron chi connectivity index (χ4n) is 3.73. The van der Waals surface area contributed by atoms with Gasteiger partial charge in [0.25, 0.3) is 0 Å². The molecule has 1 amide bonds. The predicted molar refractivity (Wildman–Crippen MR) is 98.3 cm³/mol. The third-order valence-electron chi connectivity index (χ3n) is 5.11. The van der Waals surface area contributed by atoms with Gasteiger partial charge in [0.2, 0.25) is 5.91 Å². The average molecular weight is 353 g/mol. The lowest BCUT2D eigenvalue weighted by atomic mass is 9.90. The van der Waals surface area contributed by atoms with Gasteiger partial charge in [0.05, 0.1) is 6.04 Å². The summed E-state index contributed by atoms with van der Waals surface area (Å²) in [6, 6.07) is 10.9. The quantitative estimate of drug-likeness (QED) is 0.856. The molecule has 2 unspecified atom stereocenters. The first-order chi connectivity index (χ1) is 11.2. The third kappa shape index (κ3) is 5.20. The van der Waals surface area contributed by atoms with Gasteiger partial charge in [0.15, 0.2) is 0 Å². The minimum absolute atomic E-state index is 0. The Morgan fingerprint density at radius 3 is 2.79 bits per heavy atom. The number of nitrogens with one attached hydrogen (secondary N) is 2. The van der Waals surface area contributed by atoms with Crippen molar-refractivity contribution in [1.29, 1.82) is 0 Å². The second kappa shape index (κ2) is 9.40. The van der Waals surface area contributed by atoms with E-state index in [0.29, 0.717) is 12.0 Å². The Bertz CT molecular complexity index is 505. The SMILES string of the molecule is C[C@H]1C[C@@H](C(=O)NC(CC2CCOC2)c2ccccc2)CCN1.Cl. The predicted octanol–water partition coefficient (Wildman–Crippen LogP) is 3.08. The molecule has 2 aliphatic rings. The number of piperidine rings is 1. The molecule has 2 saturated heterocycles. The van der Waals surface area contributed by atoms with Crippen LogP contribution in [-0.2, 0) is 9.53 Å². The Morgan fingerprint density at radius 2 is 2.12 bits per heavy atom. The van der Waals surface area contributed by atoms with Crippen LogP contribution in [0.3, 0.4) is 0 Å². The third-order valence-corrected chi connectivity index (χ3v) is 5.11. The fraction of sp³-hybridized carbons (Fsp3) is 0.632. The number of ether oxygens (including phenoxy) is 1. The molecule has 24 heavy (non-hydrogen) atoms. The summed E-state index contributed by atoms with van der Waals surface area (Å²) in [6.07, 6.45) is 3.93. The summed E-state index contributed by atoms with van der Waals surface area (Å²) < 4.78 is 5.51. The van der Waals surface area contributed by atoms with Crippen LogP contribution >= 0.6 is 12.4 Å². The molecule has 0 aromatic heterocycles. The van der Waals surface area contributed by atoms with Gasteiger partial charge in [-0.15, -0.1) is 12.4 Å². The first-order valence-electron chi connectivity index (χ1n) is 8.89. The molecule has 4 nitrogen and oxygen atoms in total. The summed E-state index contributed by atoms with van der Waals surface area (Å²) in [7, 11) is 0. The van der Waals surface area contributed by atoms with E-state index in [1.807, 2.05) is 18.2 Å². The molecular formula is C19H29ClN2O2. The summed E-state index contributed by atoms with van der Waals surface area (Å²) >= 11 is 0. The molecule has 2 fully saturated rings. The van der Waals surface area contributed by atoms with Crippen molar-refractivity contribution < 1.29 is 9.53 Å². The van der Waals surface area contributed by atoms with Crippen LogP contribution in [0.15, 0.2) is 30.3 Å². The second-order valence-electron chi connectivity index (χ2n) is 7.01. The molecule has 3 rings (SSSR count). The van der Waals surface area contributed by atoms with E-state index in [1.165, 1.54) is 5.56 Å². The maximum Gasteiger partial charge on any atom is 0.223 e. The van der Waals surface area contributed by atoms with E-state index in [9.17, 15) is 4.79 Å². The molecule has 2 aliphatic heterocycles. The van der Waals surface area contributed by atoms with Gasteiger partial charge in [0, 0.05) is 25.2 Å². The highest BCUT2D eigenvalue weighted by Crippen LogP contribution is 2.27. The van der Waals surface area contributed by atoms with E-state index in [4.69, 9.17) is 4.74 Å². The molecule has 1 aromatic carbocycles. The van der Waals surface area contributed by atoms with Gasteiger partial charge in [-0.05, 0) is 50.6 Å². The summed E-state index contributed by atoms with van der Waals surface area (Å²) in [5.74, 6) is 0.899. The largest absolute Gasteiger partial charge is 0.381 e. The van der Waals surface area contributed by atoms with Crippen molar-refractivity contribution in [2.75, 3.05) is 19.8 Å². The monoisotopic (exact) mass is 352 g/mol. The number of hydrogen-bond acceptors (Lipinski definition) is 3. The van der Waals surface area contributed by atoms with Crippen LogP contribution in [0.25, 0.3) is 0 Å². The Hall–Kier alpha value is -1.10. The zero-order chi connectivity index (χ0) is 16.1. The molecule has 0 radical (unpaired) electrons. The van der Waals surface area contributed by atoms with Gasteiger partial charge in [-0.2, -0.15) is 0 Å². The van der Waals surface area contributed by atoms with Gasteiger partial charge in [0.1, 0.15) is 0 Å². The number of carbonyl (C=O) groups is 1. The lowest BCUT2D eigenvalue weighted by Crippen LogP contribution is -2.43. The van der Waals surface area contributed by atoms with E-state index in [1.54, 1.807) is 0 Å². The van der Waals surface area contributed by atoms with Crippen molar-refractivity contribution in [1.82, 2.24) is 10.6 Å². The summed E-state index contributed by atoms with van der Waals surface area (Å²) in [5, 5.41) is 6.74. The molecular weight excluding hydrogens is 324 g/mol. The molecule has 134 valence electrons. The van der Waals surface area contributed by atoms with Crippen LogP contribution < -0.4 is 10.6 Å². The van der Waals surface area contributed by atoms with Crippen LogP contribution in [0.2, 0.25) is 0 Å². The number of amides is 1. The normalized spacial score (nSPS) is 28.0. The number of carbonyl (C=O) groups excluding carboxylic acids is 1. The number of benzene rings is 1. The zero-order valence-electron chi connectivity index (χ0n) is 14.4. The first kappa shape index (κ1) is 19.2.